The van der Waals surface area contributed by atoms with Gasteiger partial charge < -0.3 is 10.4 Å². The molecule has 1 atom stereocenters. The first-order chi connectivity index (χ1) is 5.61. The SMILES string of the molecule is C#CCC(NC(=O)CC)C(=O)O. The summed E-state index contributed by atoms with van der Waals surface area (Å²) < 4.78 is 0. The molecule has 0 aliphatic heterocycles. The summed E-state index contributed by atoms with van der Waals surface area (Å²) in [6.07, 6.45) is 5.19. The van der Waals surface area contributed by atoms with Crippen LogP contribution in [0.4, 0.5) is 0 Å². The van der Waals surface area contributed by atoms with Crippen molar-refractivity contribution < 1.29 is 14.7 Å². The van der Waals surface area contributed by atoms with Gasteiger partial charge in [0, 0.05) is 12.8 Å². The summed E-state index contributed by atoms with van der Waals surface area (Å²) in [5, 5.41) is 10.8. The van der Waals surface area contributed by atoms with E-state index in [-0.39, 0.29) is 18.7 Å². The van der Waals surface area contributed by atoms with Crippen molar-refractivity contribution in [3.05, 3.63) is 0 Å². The lowest BCUT2D eigenvalue weighted by atomic mass is 10.2. The van der Waals surface area contributed by atoms with Crippen LogP contribution >= 0.6 is 0 Å². The van der Waals surface area contributed by atoms with Gasteiger partial charge in [-0.15, -0.1) is 12.3 Å². The molecule has 0 aromatic carbocycles. The Hall–Kier alpha value is -1.50. The summed E-state index contributed by atoms with van der Waals surface area (Å²) >= 11 is 0. The number of carboxylic acid groups (broad SMARTS) is 1. The molecular weight excluding hydrogens is 158 g/mol. The zero-order chi connectivity index (χ0) is 9.56. The van der Waals surface area contributed by atoms with Crippen molar-refractivity contribution in [3.8, 4) is 12.3 Å². The lowest BCUT2D eigenvalue weighted by molar-refractivity contribution is -0.141. The molecule has 1 unspecified atom stereocenters. The van der Waals surface area contributed by atoms with E-state index in [1.54, 1.807) is 6.92 Å². The maximum atomic E-state index is 10.8. The standard InChI is InChI=1S/C8H11NO3/c1-3-5-6(8(11)12)9-7(10)4-2/h1,6H,4-5H2,2H3,(H,9,10)(H,11,12). The van der Waals surface area contributed by atoms with Crippen molar-refractivity contribution in [2.75, 3.05) is 0 Å². The van der Waals surface area contributed by atoms with E-state index in [2.05, 4.69) is 11.2 Å². The first-order valence-corrected chi connectivity index (χ1v) is 3.57. The van der Waals surface area contributed by atoms with Crippen LogP contribution in [0.1, 0.15) is 19.8 Å². The lowest BCUT2D eigenvalue weighted by Crippen LogP contribution is -2.40. The van der Waals surface area contributed by atoms with Crippen molar-refractivity contribution in [2.45, 2.75) is 25.8 Å². The van der Waals surface area contributed by atoms with Gasteiger partial charge in [-0.05, 0) is 0 Å². The average molecular weight is 169 g/mol. The second kappa shape index (κ2) is 5.19. The van der Waals surface area contributed by atoms with E-state index in [1.807, 2.05) is 0 Å². The third-order valence-corrected chi connectivity index (χ3v) is 1.28. The number of carbonyl (C=O) groups is 2. The molecule has 4 nitrogen and oxygen atoms in total. The molecule has 0 aromatic rings. The summed E-state index contributed by atoms with van der Waals surface area (Å²) in [4.78, 5) is 21.2. The molecular formula is C8H11NO3. The fourth-order valence-corrected chi connectivity index (χ4v) is 0.614. The quantitative estimate of drug-likeness (QED) is 0.581. The molecule has 0 saturated heterocycles. The predicted molar refractivity (Wildman–Crippen MR) is 43.3 cm³/mol. The Labute approximate surface area is 71.0 Å². The first kappa shape index (κ1) is 10.5. The van der Waals surface area contributed by atoms with E-state index in [0.717, 1.165) is 0 Å². The monoisotopic (exact) mass is 169 g/mol. The van der Waals surface area contributed by atoms with E-state index < -0.39 is 12.0 Å². The van der Waals surface area contributed by atoms with Crippen LogP contribution in [0.2, 0.25) is 0 Å². The van der Waals surface area contributed by atoms with Crippen molar-refractivity contribution >= 4 is 11.9 Å². The fourth-order valence-electron chi connectivity index (χ4n) is 0.614. The normalized spacial score (nSPS) is 11.3. The molecule has 12 heavy (non-hydrogen) atoms. The fraction of sp³-hybridized carbons (Fsp3) is 0.500. The lowest BCUT2D eigenvalue weighted by Gasteiger charge is -2.09. The molecule has 4 heteroatoms. The molecule has 0 aromatic heterocycles. The average Bonchev–Trinajstić information content (AvgIpc) is 2.03. The smallest absolute Gasteiger partial charge is 0.327 e. The van der Waals surface area contributed by atoms with Crippen molar-refractivity contribution in [3.63, 3.8) is 0 Å². The molecule has 0 radical (unpaired) electrons. The van der Waals surface area contributed by atoms with Crippen LogP contribution in [0, 0.1) is 12.3 Å². The maximum Gasteiger partial charge on any atom is 0.327 e. The first-order valence-electron chi connectivity index (χ1n) is 3.57. The van der Waals surface area contributed by atoms with Crippen LogP contribution < -0.4 is 5.32 Å². The third-order valence-electron chi connectivity index (χ3n) is 1.28. The highest BCUT2D eigenvalue weighted by molar-refractivity contribution is 5.83. The molecule has 0 rings (SSSR count). The Kier molecular flexibility index (Phi) is 4.54. The van der Waals surface area contributed by atoms with Gasteiger partial charge in [-0.2, -0.15) is 0 Å². The Morgan fingerprint density at radius 2 is 2.25 bits per heavy atom. The van der Waals surface area contributed by atoms with Crippen LogP contribution in [-0.4, -0.2) is 23.0 Å². The molecule has 0 heterocycles. The molecule has 0 fully saturated rings. The molecule has 0 spiro atoms. The van der Waals surface area contributed by atoms with Crippen LogP contribution in [0.3, 0.4) is 0 Å². The minimum atomic E-state index is -1.10. The van der Waals surface area contributed by atoms with Crippen LogP contribution in [0.5, 0.6) is 0 Å². The van der Waals surface area contributed by atoms with Gasteiger partial charge in [0.25, 0.3) is 0 Å². The van der Waals surface area contributed by atoms with Gasteiger partial charge in [0.1, 0.15) is 6.04 Å². The van der Waals surface area contributed by atoms with Gasteiger partial charge in [0.2, 0.25) is 5.91 Å². The topological polar surface area (TPSA) is 66.4 Å². The Bertz CT molecular complexity index is 217. The number of nitrogens with one attached hydrogen (secondary N) is 1. The number of amides is 1. The van der Waals surface area contributed by atoms with Gasteiger partial charge in [-0.1, -0.05) is 6.92 Å². The highest BCUT2D eigenvalue weighted by Gasteiger charge is 2.17. The Balaban J connectivity index is 4.06. The van der Waals surface area contributed by atoms with E-state index in [1.165, 1.54) is 0 Å². The third kappa shape index (κ3) is 3.62. The highest BCUT2D eigenvalue weighted by atomic mass is 16.4. The Morgan fingerprint density at radius 3 is 2.58 bits per heavy atom. The van der Waals surface area contributed by atoms with Gasteiger partial charge in [0.15, 0.2) is 0 Å². The minimum absolute atomic E-state index is 0.0150. The molecule has 0 saturated carbocycles. The number of aliphatic carboxylic acids is 1. The van der Waals surface area contributed by atoms with Crippen LogP contribution in [-0.2, 0) is 9.59 Å². The minimum Gasteiger partial charge on any atom is -0.480 e. The van der Waals surface area contributed by atoms with Gasteiger partial charge >= 0.3 is 5.97 Å². The van der Waals surface area contributed by atoms with Crippen LogP contribution in [0.15, 0.2) is 0 Å². The second-order valence-corrected chi connectivity index (χ2v) is 2.22. The second-order valence-electron chi connectivity index (χ2n) is 2.22. The summed E-state index contributed by atoms with van der Waals surface area (Å²) in [7, 11) is 0. The summed E-state index contributed by atoms with van der Waals surface area (Å²) in [6.45, 7) is 1.64. The largest absolute Gasteiger partial charge is 0.480 e. The van der Waals surface area contributed by atoms with Gasteiger partial charge in [-0.25, -0.2) is 4.79 Å². The van der Waals surface area contributed by atoms with Crippen molar-refractivity contribution in [2.24, 2.45) is 0 Å². The maximum absolute atomic E-state index is 10.8. The molecule has 0 aliphatic rings. The van der Waals surface area contributed by atoms with Crippen molar-refractivity contribution in [1.82, 2.24) is 5.32 Å². The summed E-state index contributed by atoms with van der Waals surface area (Å²) in [6, 6.07) is -0.956. The van der Waals surface area contributed by atoms with Crippen molar-refractivity contribution in [1.29, 1.82) is 0 Å². The van der Waals surface area contributed by atoms with E-state index in [0.29, 0.717) is 0 Å². The van der Waals surface area contributed by atoms with E-state index in [4.69, 9.17) is 11.5 Å². The molecule has 1 amide bonds. The highest BCUT2D eigenvalue weighted by Crippen LogP contribution is 1.91. The van der Waals surface area contributed by atoms with E-state index >= 15 is 0 Å². The summed E-state index contributed by atoms with van der Waals surface area (Å²) in [5.41, 5.74) is 0. The predicted octanol–water partition coefficient (Wildman–Crippen LogP) is -0.0109. The number of carbonyl (C=O) groups excluding carboxylic acids is 1. The van der Waals surface area contributed by atoms with Crippen LogP contribution in [0.25, 0.3) is 0 Å². The molecule has 2 N–H and O–H groups in total. The van der Waals surface area contributed by atoms with Gasteiger partial charge in [-0.3, -0.25) is 4.79 Å². The zero-order valence-corrected chi connectivity index (χ0v) is 6.83. The molecule has 0 aliphatic carbocycles. The number of hydrogen-bond acceptors (Lipinski definition) is 2. The molecule has 66 valence electrons. The van der Waals surface area contributed by atoms with Gasteiger partial charge in [0.05, 0.1) is 0 Å². The Morgan fingerprint density at radius 1 is 1.67 bits per heavy atom. The number of hydrogen-bond donors (Lipinski definition) is 2. The number of terminal acetylenes is 1. The molecule has 0 bridgehead atoms. The number of carboxylic acids is 1. The summed E-state index contributed by atoms with van der Waals surface area (Å²) in [5.74, 6) is 0.773. The zero-order valence-electron chi connectivity index (χ0n) is 6.83. The number of rotatable bonds is 4. The van der Waals surface area contributed by atoms with E-state index in [9.17, 15) is 9.59 Å².